The molecule has 1 heterocycles. The molecular formula is C21H22N4O3S. The van der Waals surface area contributed by atoms with Gasteiger partial charge in [-0.2, -0.15) is 0 Å². The van der Waals surface area contributed by atoms with Gasteiger partial charge in [-0.05, 0) is 36.4 Å². The van der Waals surface area contributed by atoms with Gasteiger partial charge in [-0.25, -0.2) is 0 Å². The zero-order valence-electron chi connectivity index (χ0n) is 16.1. The molecule has 3 aromatic rings. The minimum atomic E-state index is -0.0893. The maximum absolute atomic E-state index is 11.9. The van der Waals surface area contributed by atoms with Crippen molar-refractivity contribution in [3.05, 3.63) is 73.1 Å². The fourth-order valence-corrected chi connectivity index (χ4v) is 3.31. The number of benzene rings is 2. The van der Waals surface area contributed by atoms with Crippen molar-refractivity contribution in [3.63, 3.8) is 0 Å². The van der Waals surface area contributed by atoms with Crippen molar-refractivity contribution in [2.45, 2.75) is 11.8 Å². The largest absolute Gasteiger partial charge is 0.497 e. The summed E-state index contributed by atoms with van der Waals surface area (Å²) in [5, 5.41) is 11.9. The van der Waals surface area contributed by atoms with Crippen LogP contribution in [0.25, 0.3) is 5.69 Å². The van der Waals surface area contributed by atoms with Crippen LogP contribution < -0.4 is 14.8 Å². The van der Waals surface area contributed by atoms with Crippen molar-refractivity contribution < 1.29 is 14.3 Å². The molecule has 0 fully saturated rings. The summed E-state index contributed by atoms with van der Waals surface area (Å²) in [6, 6.07) is 17.1. The monoisotopic (exact) mass is 410 g/mol. The number of ether oxygens (including phenoxy) is 2. The van der Waals surface area contributed by atoms with E-state index in [1.165, 1.54) is 11.8 Å². The summed E-state index contributed by atoms with van der Waals surface area (Å²) in [4.78, 5) is 11.9. The van der Waals surface area contributed by atoms with E-state index in [0.717, 1.165) is 11.4 Å². The Morgan fingerprint density at radius 2 is 1.86 bits per heavy atom. The number of methoxy groups -OCH3 is 1. The van der Waals surface area contributed by atoms with Gasteiger partial charge in [-0.1, -0.05) is 36.0 Å². The molecule has 1 aromatic heterocycles. The highest BCUT2D eigenvalue weighted by atomic mass is 32.2. The summed E-state index contributed by atoms with van der Waals surface area (Å²) in [6.07, 6.45) is 1.64. The van der Waals surface area contributed by atoms with Crippen molar-refractivity contribution in [1.29, 1.82) is 0 Å². The lowest BCUT2D eigenvalue weighted by Gasteiger charge is -2.11. The number of thioether (sulfide) groups is 1. The molecule has 0 bridgehead atoms. The van der Waals surface area contributed by atoms with Crippen LogP contribution in [0.5, 0.6) is 11.5 Å². The Morgan fingerprint density at radius 1 is 1.14 bits per heavy atom. The van der Waals surface area contributed by atoms with Gasteiger partial charge in [-0.15, -0.1) is 16.8 Å². The molecule has 0 spiro atoms. The Balaban J connectivity index is 1.76. The van der Waals surface area contributed by atoms with Crippen LogP contribution in [-0.2, 0) is 11.4 Å². The summed E-state index contributed by atoms with van der Waals surface area (Å²) >= 11 is 1.32. The van der Waals surface area contributed by atoms with E-state index in [2.05, 4.69) is 22.1 Å². The second kappa shape index (κ2) is 10.3. The van der Waals surface area contributed by atoms with Crippen LogP contribution in [-0.4, -0.2) is 40.1 Å². The molecule has 1 amide bonds. The molecule has 0 aliphatic rings. The number of hydrogen-bond donors (Lipinski definition) is 1. The zero-order valence-corrected chi connectivity index (χ0v) is 16.9. The van der Waals surface area contributed by atoms with Gasteiger partial charge in [0.1, 0.15) is 18.1 Å². The summed E-state index contributed by atoms with van der Waals surface area (Å²) in [5.74, 6) is 2.25. The van der Waals surface area contributed by atoms with E-state index in [-0.39, 0.29) is 18.3 Å². The Kier molecular flexibility index (Phi) is 7.29. The molecule has 0 saturated heterocycles. The lowest BCUT2D eigenvalue weighted by Crippen LogP contribution is -2.25. The molecule has 2 aromatic carbocycles. The second-order valence-electron chi connectivity index (χ2n) is 5.92. The van der Waals surface area contributed by atoms with E-state index in [4.69, 9.17) is 9.47 Å². The van der Waals surface area contributed by atoms with Crippen LogP contribution in [0, 0.1) is 0 Å². The fraction of sp³-hybridized carbons (Fsp3) is 0.190. The van der Waals surface area contributed by atoms with E-state index in [1.54, 1.807) is 13.2 Å². The molecule has 29 heavy (non-hydrogen) atoms. The molecule has 3 rings (SSSR count). The van der Waals surface area contributed by atoms with Crippen LogP contribution in [0.3, 0.4) is 0 Å². The zero-order chi connectivity index (χ0) is 20.5. The highest BCUT2D eigenvalue weighted by molar-refractivity contribution is 7.99. The van der Waals surface area contributed by atoms with Crippen LogP contribution in [0.2, 0.25) is 0 Å². The van der Waals surface area contributed by atoms with Crippen molar-refractivity contribution in [2.24, 2.45) is 0 Å². The number of aromatic nitrogens is 3. The van der Waals surface area contributed by atoms with E-state index < -0.39 is 0 Å². The molecule has 1 N–H and O–H groups in total. The SMILES string of the molecule is C=CCNC(=O)CSc1nnc(COc2ccc(OC)cc2)n1-c1ccccc1. The van der Waals surface area contributed by atoms with Crippen LogP contribution >= 0.6 is 11.8 Å². The number of carbonyl (C=O) groups is 1. The lowest BCUT2D eigenvalue weighted by molar-refractivity contribution is -0.118. The Labute approximate surface area is 173 Å². The summed E-state index contributed by atoms with van der Waals surface area (Å²) in [7, 11) is 1.62. The third-order valence-corrected chi connectivity index (χ3v) is 4.85. The van der Waals surface area contributed by atoms with Gasteiger partial charge in [0.25, 0.3) is 0 Å². The molecule has 0 aliphatic carbocycles. The van der Waals surface area contributed by atoms with Gasteiger partial charge in [0.2, 0.25) is 5.91 Å². The van der Waals surface area contributed by atoms with E-state index in [1.807, 2.05) is 59.2 Å². The highest BCUT2D eigenvalue weighted by Gasteiger charge is 2.16. The standard InChI is InChI=1S/C21H22N4O3S/c1-3-13-22-20(26)15-29-21-24-23-19(25(21)16-7-5-4-6-8-16)14-28-18-11-9-17(27-2)10-12-18/h3-12H,1,13-15H2,2H3,(H,22,26). The van der Waals surface area contributed by atoms with Crippen LogP contribution in [0.4, 0.5) is 0 Å². The van der Waals surface area contributed by atoms with Crippen molar-refractivity contribution in [2.75, 3.05) is 19.4 Å². The minimum absolute atomic E-state index is 0.0893. The molecule has 0 radical (unpaired) electrons. The molecule has 7 nitrogen and oxygen atoms in total. The van der Waals surface area contributed by atoms with E-state index in [9.17, 15) is 4.79 Å². The molecule has 150 valence electrons. The molecule has 8 heteroatoms. The predicted octanol–water partition coefficient (Wildman–Crippen LogP) is 3.25. The highest BCUT2D eigenvalue weighted by Crippen LogP contribution is 2.23. The first-order valence-corrected chi connectivity index (χ1v) is 9.96. The number of nitrogens with zero attached hydrogens (tertiary/aromatic N) is 3. The summed E-state index contributed by atoms with van der Waals surface area (Å²) in [6.45, 7) is 4.26. The first-order chi connectivity index (χ1) is 14.2. The van der Waals surface area contributed by atoms with E-state index >= 15 is 0 Å². The smallest absolute Gasteiger partial charge is 0.230 e. The lowest BCUT2D eigenvalue weighted by atomic mass is 10.3. The molecule has 0 unspecified atom stereocenters. The fourth-order valence-electron chi connectivity index (χ4n) is 2.51. The maximum atomic E-state index is 11.9. The van der Waals surface area contributed by atoms with Crippen molar-refractivity contribution in [1.82, 2.24) is 20.1 Å². The molecular weight excluding hydrogens is 388 g/mol. The number of carbonyl (C=O) groups excluding carboxylic acids is 1. The number of rotatable bonds is 10. The van der Waals surface area contributed by atoms with Gasteiger partial charge in [0, 0.05) is 12.2 Å². The Morgan fingerprint density at radius 3 is 2.55 bits per heavy atom. The number of nitrogens with one attached hydrogen (secondary N) is 1. The summed E-state index contributed by atoms with van der Waals surface area (Å²) in [5.41, 5.74) is 0.903. The Bertz CT molecular complexity index is 942. The maximum Gasteiger partial charge on any atom is 0.230 e. The quantitative estimate of drug-likeness (QED) is 0.408. The predicted molar refractivity (Wildman–Crippen MR) is 113 cm³/mol. The first-order valence-electron chi connectivity index (χ1n) is 8.98. The number of hydrogen-bond acceptors (Lipinski definition) is 6. The average Bonchev–Trinajstić information content (AvgIpc) is 3.18. The molecule has 0 saturated carbocycles. The van der Waals surface area contributed by atoms with Gasteiger partial charge in [0.05, 0.1) is 12.9 Å². The number of para-hydroxylation sites is 1. The van der Waals surface area contributed by atoms with Crippen LogP contribution in [0.15, 0.2) is 72.4 Å². The average molecular weight is 410 g/mol. The van der Waals surface area contributed by atoms with E-state index in [0.29, 0.717) is 23.3 Å². The minimum Gasteiger partial charge on any atom is -0.497 e. The Hall–Kier alpha value is -3.26. The first kappa shape index (κ1) is 20.5. The third-order valence-electron chi connectivity index (χ3n) is 3.92. The normalized spacial score (nSPS) is 10.4. The molecule has 0 atom stereocenters. The van der Waals surface area contributed by atoms with Crippen molar-refractivity contribution in [3.8, 4) is 17.2 Å². The van der Waals surface area contributed by atoms with Crippen molar-refractivity contribution >= 4 is 17.7 Å². The molecule has 0 aliphatic heterocycles. The van der Waals surface area contributed by atoms with Gasteiger partial charge >= 0.3 is 0 Å². The second-order valence-corrected chi connectivity index (χ2v) is 6.86. The van der Waals surface area contributed by atoms with Gasteiger partial charge in [-0.3, -0.25) is 9.36 Å². The topological polar surface area (TPSA) is 78.3 Å². The van der Waals surface area contributed by atoms with Crippen LogP contribution in [0.1, 0.15) is 5.82 Å². The van der Waals surface area contributed by atoms with Gasteiger partial charge < -0.3 is 14.8 Å². The summed E-state index contributed by atoms with van der Waals surface area (Å²) < 4.78 is 12.9. The third kappa shape index (κ3) is 5.61. The van der Waals surface area contributed by atoms with Gasteiger partial charge in [0.15, 0.2) is 11.0 Å². The number of amides is 1.